The molecule has 2 N–H and O–H groups in total. The van der Waals surface area contributed by atoms with Crippen LogP contribution in [0.3, 0.4) is 0 Å². The highest BCUT2D eigenvalue weighted by Crippen LogP contribution is 2.20. The summed E-state index contributed by atoms with van der Waals surface area (Å²) in [5.74, 6) is -0.691. The number of amides is 4. The number of rotatable bonds is 3. The van der Waals surface area contributed by atoms with Gasteiger partial charge in [0.05, 0.1) is 12.6 Å². The van der Waals surface area contributed by atoms with Crippen LogP contribution in [0.25, 0.3) is 0 Å². The first-order valence-electron chi connectivity index (χ1n) is 6.41. The zero-order valence-electron chi connectivity index (χ0n) is 11.2. The Morgan fingerprint density at radius 3 is 2.68 bits per heavy atom. The number of carbonyl (C=O) groups excluding carboxylic acids is 3. The molecule has 2 rings (SSSR count). The van der Waals surface area contributed by atoms with Crippen molar-refractivity contribution in [2.24, 2.45) is 0 Å². The van der Waals surface area contributed by atoms with Gasteiger partial charge in [0.25, 0.3) is 5.91 Å². The van der Waals surface area contributed by atoms with E-state index in [4.69, 9.17) is 0 Å². The van der Waals surface area contributed by atoms with Gasteiger partial charge in [-0.1, -0.05) is 0 Å². The largest absolute Gasteiger partial charge is 0.394 e. The van der Waals surface area contributed by atoms with Crippen molar-refractivity contribution in [3.63, 3.8) is 0 Å². The summed E-state index contributed by atoms with van der Waals surface area (Å²) in [6.07, 6.45) is 1.59. The number of hydrogen-bond donors (Lipinski definition) is 2. The van der Waals surface area contributed by atoms with E-state index in [1.807, 2.05) is 0 Å². The highest BCUT2D eigenvalue weighted by atomic mass is 16.3. The summed E-state index contributed by atoms with van der Waals surface area (Å²) in [6, 6.07) is -0.732. The van der Waals surface area contributed by atoms with Crippen LogP contribution in [0.15, 0.2) is 0 Å². The highest BCUT2D eigenvalue weighted by Gasteiger charge is 2.45. The van der Waals surface area contributed by atoms with E-state index in [2.05, 4.69) is 5.32 Å². The fourth-order valence-electron chi connectivity index (χ4n) is 2.54. The lowest BCUT2D eigenvalue weighted by molar-refractivity contribution is -0.139. The fourth-order valence-corrected chi connectivity index (χ4v) is 2.54. The zero-order valence-corrected chi connectivity index (χ0v) is 11.2. The van der Waals surface area contributed by atoms with Crippen molar-refractivity contribution in [1.82, 2.24) is 15.1 Å². The number of imide groups is 1. The molecule has 0 aliphatic carbocycles. The summed E-state index contributed by atoms with van der Waals surface area (Å²) in [4.78, 5) is 38.2. The minimum Gasteiger partial charge on any atom is -0.394 e. The molecule has 7 nitrogen and oxygen atoms in total. The lowest BCUT2D eigenvalue weighted by atomic mass is 10.1. The Balaban J connectivity index is 2.03. The number of aliphatic hydroxyl groups excluding tert-OH is 1. The highest BCUT2D eigenvalue weighted by molar-refractivity contribution is 6.08. The summed E-state index contributed by atoms with van der Waals surface area (Å²) < 4.78 is 0. The molecule has 0 saturated carbocycles. The second-order valence-electron chi connectivity index (χ2n) is 5.51. The quantitative estimate of drug-likeness (QED) is 0.663. The van der Waals surface area contributed by atoms with E-state index in [1.165, 1.54) is 0 Å². The summed E-state index contributed by atoms with van der Waals surface area (Å²) in [5.41, 5.74) is -0.960. The van der Waals surface area contributed by atoms with Crippen LogP contribution in [0.5, 0.6) is 0 Å². The van der Waals surface area contributed by atoms with Gasteiger partial charge in [0, 0.05) is 6.54 Å². The molecule has 7 heteroatoms. The third-order valence-corrected chi connectivity index (χ3v) is 3.65. The molecule has 1 unspecified atom stereocenters. The first-order chi connectivity index (χ1) is 8.86. The van der Waals surface area contributed by atoms with Crippen molar-refractivity contribution >= 4 is 17.8 Å². The summed E-state index contributed by atoms with van der Waals surface area (Å²) in [7, 11) is 0. The van der Waals surface area contributed by atoms with E-state index in [0.717, 1.165) is 17.7 Å². The van der Waals surface area contributed by atoms with E-state index < -0.39 is 17.5 Å². The van der Waals surface area contributed by atoms with Crippen LogP contribution in [0, 0.1) is 0 Å². The van der Waals surface area contributed by atoms with E-state index >= 15 is 0 Å². The first kappa shape index (κ1) is 13.8. The molecule has 0 aromatic carbocycles. The van der Waals surface area contributed by atoms with E-state index in [1.54, 1.807) is 18.7 Å². The molecular weight excluding hydrogens is 250 g/mol. The van der Waals surface area contributed by atoms with Gasteiger partial charge in [-0.15, -0.1) is 0 Å². The molecule has 2 fully saturated rings. The Kier molecular flexibility index (Phi) is 3.49. The number of aliphatic hydroxyl groups is 1. The Labute approximate surface area is 111 Å². The fraction of sp³-hybridized carbons (Fsp3) is 0.750. The van der Waals surface area contributed by atoms with Crippen LogP contribution in [0.4, 0.5) is 4.79 Å². The molecule has 0 aromatic rings. The molecule has 0 radical (unpaired) electrons. The molecule has 4 amide bonds. The minimum absolute atomic E-state index is 0.0859. The average Bonchev–Trinajstić information content (AvgIpc) is 2.88. The van der Waals surface area contributed by atoms with Gasteiger partial charge < -0.3 is 15.3 Å². The Hall–Kier alpha value is -1.63. The first-order valence-corrected chi connectivity index (χ1v) is 6.41. The summed E-state index contributed by atoms with van der Waals surface area (Å²) in [5, 5.41) is 11.7. The van der Waals surface area contributed by atoms with Gasteiger partial charge in [0.1, 0.15) is 12.1 Å². The van der Waals surface area contributed by atoms with Crippen LogP contribution in [-0.2, 0) is 9.59 Å². The molecule has 2 heterocycles. The summed E-state index contributed by atoms with van der Waals surface area (Å²) >= 11 is 0. The second-order valence-corrected chi connectivity index (χ2v) is 5.51. The second kappa shape index (κ2) is 4.80. The van der Waals surface area contributed by atoms with Crippen molar-refractivity contribution in [3.05, 3.63) is 0 Å². The maximum absolute atomic E-state index is 12.1. The molecule has 1 atom stereocenters. The van der Waals surface area contributed by atoms with Gasteiger partial charge in [-0.3, -0.25) is 14.5 Å². The van der Waals surface area contributed by atoms with Gasteiger partial charge in [-0.2, -0.15) is 0 Å². The minimum atomic E-state index is -0.960. The number of nitrogens with zero attached hydrogens (tertiary/aromatic N) is 2. The molecule has 0 bridgehead atoms. The molecule has 0 spiro atoms. The van der Waals surface area contributed by atoms with E-state index in [0.29, 0.717) is 6.54 Å². The van der Waals surface area contributed by atoms with Gasteiger partial charge in [0.2, 0.25) is 5.91 Å². The lowest BCUT2D eigenvalue weighted by Gasteiger charge is -2.25. The summed E-state index contributed by atoms with van der Waals surface area (Å²) in [6.45, 7) is 3.42. The topological polar surface area (TPSA) is 90.0 Å². The molecule has 0 aromatic heterocycles. The van der Waals surface area contributed by atoms with Crippen molar-refractivity contribution in [3.8, 4) is 0 Å². The van der Waals surface area contributed by atoms with Gasteiger partial charge in [-0.05, 0) is 26.7 Å². The average molecular weight is 269 g/mol. The number of nitrogens with one attached hydrogen (secondary N) is 1. The number of carbonyl (C=O) groups is 3. The standard InChI is InChI=1S/C12H19N3O4/c1-12(2)10(18)15(11(19)13-12)6-9(17)14-5-3-4-8(14)7-16/h8,16H,3-7H2,1-2H3,(H,13,19). The maximum Gasteiger partial charge on any atom is 0.325 e. The smallest absolute Gasteiger partial charge is 0.325 e. The molecule has 106 valence electrons. The van der Waals surface area contributed by atoms with Crippen molar-refractivity contribution in [2.45, 2.75) is 38.3 Å². The van der Waals surface area contributed by atoms with Crippen molar-refractivity contribution in [2.75, 3.05) is 19.7 Å². The predicted octanol–water partition coefficient (Wildman–Crippen LogP) is -0.700. The Bertz CT molecular complexity index is 421. The van der Waals surface area contributed by atoms with Crippen molar-refractivity contribution < 1.29 is 19.5 Å². The predicted molar refractivity (Wildman–Crippen MR) is 66.1 cm³/mol. The number of hydrogen-bond acceptors (Lipinski definition) is 4. The Morgan fingerprint density at radius 1 is 1.47 bits per heavy atom. The van der Waals surface area contributed by atoms with Crippen LogP contribution in [0.2, 0.25) is 0 Å². The monoisotopic (exact) mass is 269 g/mol. The van der Waals surface area contributed by atoms with Crippen LogP contribution in [-0.4, -0.2) is 64.0 Å². The normalized spacial score (nSPS) is 25.9. The lowest BCUT2D eigenvalue weighted by Crippen LogP contribution is -2.46. The SMILES string of the molecule is CC1(C)NC(=O)N(CC(=O)N2CCCC2CO)C1=O. The van der Waals surface area contributed by atoms with Crippen molar-refractivity contribution in [1.29, 1.82) is 0 Å². The van der Waals surface area contributed by atoms with Crippen LogP contribution in [0.1, 0.15) is 26.7 Å². The van der Waals surface area contributed by atoms with Gasteiger partial charge in [-0.25, -0.2) is 4.79 Å². The number of urea groups is 1. The third-order valence-electron chi connectivity index (χ3n) is 3.65. The number of likely N-dealkylation sites (tertiary alicyclic amines) is 1. The van der Waals surface area contributed by atoms with Gasteiger partial charge >= 0.3 is 6.03 Å². The van der Waals surface area contributed by atoms with E-state index in [-0.39, 0.29) is 25.1 Å². The Morgan fingerprint density at radius 2 is 2.16 bits per heavy atom. The van der Waals surface area contributed by atoms with Crippen LogP contribution < -0.4 is 5.32 Å². The molecule has 2 aliphatic rings. The molecular formula is C12H19N3O4. The molecule has 2 saturated heterocycles. The molecule has 19 heavy (non-hydrogen) atoms. The zero-order chi connectivity index (χ0) is 14.2. The maximum atomic E-state index is 12.1. The van der Waals surface area contributed by atoms with Crippen LogP contribution >= 0.6 is 0 Å². The third kappa shape index (κ3) is 2.42. The van der Waals surface area contributed by atoms with E-state index in [9.17, 15) is 19.5 Å². The van der Waals surface area contributed by atoms with Gasteiger partial charge in [0.15, 0.2) is 0 Å². The molecule has 2 aliphatic heterocycles.